The molecule has 0 fully saturated rings. The molecular weight excluding hydrogens is 156 g/mol. The number of carbonyl (C=O) groups is 1. The molecule has 0 aliphatic rings. The lowest BCUT2D eigenvalue weighted by Gasteiger charge is -1.99. The highest BCUT2D eigenvalue weighted by Gasteiger charge is 2.00. The largest absolute Gasteiger partial charge is 0.340 e. The van der Waals surface area contributed by atoms with Gasteiger partial charge in [0.2, 0.25) is 0 Å². The van der Waals surface area contributed by atoms with Crippen LogP contribution >= 0.6 is 0 Å². The van der Waals surface area contributed by atoms with Crippen molar-refractivity contribution in [2.24, 2.45) is 7.05 Å². The van der Waals surface area contributed by atoms with Crippen molar-refractivity contribution in [3.8, 4) is 12.3 Å². The molecule has 5 heteroatoms. The lowest BCUT2D eigenvalue weighted by Crippen LogP contribution is -2.21. The number of aromatic nitrogens is 3. The summed E-state index contributed by atoms with van der Waals surface area (Å²) in [5.41, 5.74) is 0.804. The van der Waals surface area contributed by atoms with Gasteiger partial charge < -0.3 is 5.32 Å². The molecule has 0 unspecified atom stereocenters. The third-order valence-corrected chi connectivity index (χ3v) is 1.37. The molecule has 5 nitrogen and oxygen atoms in total. The second-order valence-electron chi connectivity index (χ2n) is 2.18. The van der Waals surface area contributed by atoms with E-state index in [9.17, 15) is 4.79 Å². The molecule has 1 aromatic heterocycles. The Kier molecular flexibility index (Phi) is 2.43. The number of rotatable bonds is 2. The molecular formula is C7H8N4O. The van der Waals surface area contributed by atoms with Crippen LogP contribution in [0.15, 0.2) is 6.20 Å². The van der Waals surface area contributed by atoms with E-state index in [1.165, 1.54) is 0 Å². The van der Waals surface area contributed by atoms with Gasteiger partial charge in [0.05, 0.1) is 18.4 Å². The lowest BCUT2D eigenvalue weighted by atomic mass is 10.4. The molecule has 1 N–H and O–H groups in total. The van der Waals surface area contributed by atoms with Crippen molar-refractivity contribution < 1.29 is 4.79 Å². The maximum atomic E-state index is 10.6. The number of terminal acetylenes is 1. The molecule has 0 aromatic carbocycles. The van der Waals surface area contributed by atoms with Crippen LogP contribution in [0.1, 0.15) is 5.69 Å². The van der Waals surface area contributed by atoms with Crippen molar-refractivity contribution in [1.29, 1.82) is 0 Å². The standard InChI is InChI=1S/C7H8N4O/c1-3-7(12)8-4-6-5-9-10-11(6)2/h1,5H,4H2,2H3,(H,8,12). The molecule has 0 radical (unpaired) electrons. The molecule has 0 aliphatic heterocycles. The van der Waals surface area contributed by atoms with Crippen LogP contribution in [-0.4, -0.2) is 20.9 Å². The van der Waals surface area contributed by atoms with Crippen LogP contribution in [0.25, 0.3) is 0 Å². The van der Waals surface area contributed by atoms with Crippen molar-refractivity contribution >= 4 is 5.91 Å². The van der Waals surface area contributed by atoms with Gasteiger partial charge in [0, 0.05) is 7.05 Å². The Hall–Kier alpha value is -1.83. The number of hydrogen-bond acceptors (Lipinski definition) is 3. The Bertz CT molecular complexity index is 322. The minimum absolute atomic E-state index is 0.354. The number of nitrogens with zero attached hydrogens (tertiary/aromatic N) is 3. The van der Waals surface area contributed by atoms with Crippen LogP contribution in [0.2, 0.25) is 0 Å². The minimum atomic E-state index is -0.434. The Morgan fingerprint density at radius 1 is 1.92 bits per heavy atom. The molecule has 1 aromatic rings. The van der Waals surface area contributed by atoms with Gasteiger partial charge in [-0.25, -0.2) is 0 Å². The highest BCUT2D eigenvalue weighted by molar-refractivity contribution is 5.92. The summed E-state index contributed by atoms with van der Waals surface area (Å²) in [4.78, 5) is 10.6. The summed E-state index contributed by atoms with van der Waals surface area (Å²) in [5.74, 6) is 1.51. The average molecular weight is 164 g/mol. The van der Waals surface area contributed by atoms with Crippen LogP contribution in [0.3, 0.4) is 0 Å². The molecule has 1 heterocycles. The molecule has 1 rings (SSSR count). The van der Waals surface area contributed by atoms with Gasteiger partial charge in [-0.1, -0.05) is 5.21 Å². The van der Waals surface area contributed by atoms with E-state index in [0.717, 1.165) is 5.69 Å². The van der Waals surface area contributed by atoms with E-state index in [4.69, 9.17) is 6.42 Å². The highest BCUT2D eigenvalue weighted by atomic mass is 16.1. The van der Waals surface area contributed by atoms with E-state index in [0.29, 0.717) is 6.54 Å². The SMILES string of the molecule is C#CC(=O)NCc1cnnn1C. The van der Waals surface area contributed by atoms with Gasteiger partial charge in [-0.3, -0.25) is 9.48 Å². The summed E-state index contributed by atoms with van der Waals surface area (Å²) in [5, 5.41) is 9.82. The second kappa shape index (κ2) is 3.53. The quantitative estimate of drug-likeness (QED) is 0.574. The first-order chi connectivity index (χ1) is 5.74. The first-order valence-electron chi connectivity index (χ1n) is 3.32. The summed E-state index contributed by atoms with van der Waals surface area (Å²) >= 11 is 0. The minimum Gasteiger partial charge on any atom is -0.340 e. The lowest BCUT2D eigenvalue weighted by molar-refractivity contribution is -0.115. The van der Waals surface area contributed by atoms with Gasteiger partial charge in [-0.05, 0) is 5.92 Å². The topological polar surface area (TPSA) is 59.8 Å². The van der Waals surface area contributed by atoms with Crippen molar-refractivity contribution in [3.63, 3.8) is 0 Å². The highest BCUT2D eigenvalue weighted by Crippen LogP contribution is 1.90. The van der Waals surface area contributed by atoms with Gasteiger partial charge in [0.25, 0.3) is 5.91 Å². The molecule has 12 heavy (non-hydrogen) atoms. The van der Waals surface area contributed by atoms with Crippen LogP contribution in [-0.2, 0) is 18.4 Å². The zero-order valence-electron chi connectivity index (χ0n) is 6.61. The van der Waals surface area contributed by atoms with Crippen LogP contribution < -0.4 is 5.32 Å². The Morgan fingerprint density at radius 3 is 3.17 bits per heavy atom. The van der Waals surface area contributed by atoms with Crippen molar-refractivity contribution in [2.75, 3.05) is 0 Å². The zero-order valence-corrected chi connectivity index (χ0v) is 6.61. The van der Waals surface area contributed by atoms with E-state index in [-0.39, 0.29) is 0 Å². The van der Waals surface area contributed by atoms with E-state index < -0.39 is 5.91 Å². The smallest absolute Gasteiger partial charge is 0.295 e. The second-order valence-corrected chi connectivity index (χ2v) is 2.18. The molecule has 0 spiro atoms. The maximum absolute atomic E-state index is 10.6. The van der Waals surface area contributed by atoms with Crippen LogP contribution in [0.5, 0.6) is 0 Å². The number of hydrogen-bond donors (Lipinski definition) is 1. The molecule has 0 atom stereocenters. The molecule has 0 saturated heterocycles. The predicted molar refractivity (Wildman–Crippen MR) is 41.7 cm³/mol. The fourth-order valence-electron chi connectivity index (χ4n) is 0.693. The average Bonchev–Trinajstić information content (AvgIpc) is 2.47. The van der Waals surface area contributed by atoms with E-state index >= 15 is 0 Å². The monoisotopic (exact) mass is 164 g/mol. The van der Waals surface area contributed by atoms with Crippen molar-refractivity contribution in [2.45, 2.75) is 6.54 Å². The van der Waals surface area contributed by atoms with E-state index in [1.807, 2.05) is 5.92 Å². The summed E-state index contributed by atoms with van der Waals surface area (Å²) < 4.78 is 1.57. The Balaban J connectivity index is 2.50. The molecule has 0 saturated carbocycles. The number of amides is 1. The fraction of sp³-hybridized carbons (Fsp3) is 0.286. The summed E-state index contributed by atoms with van der Waals surface area (Å²) in [6, 6.07) is 0. The van der Waals surface area contributed by atoms with Crippen molar-refractivity contribution in [1.82, 2.24) is 20.3 Å². The third kappa shape index (κ3) is 1.83. The molecule has 1 amide bonds. The summed E-state index contributed by atoms with van der Waals surface area (Å²) in [6.45, 7) is 0.354. The first-order valence-corrected chi connectivity index (χ1v) is 3.32. The summed E-state index contributed by atoms with van der Waals surface area (Å²) in [6.07, 6.45) is 6.42. The van der Waals surface area contributed by atoms with Gasteiger partial charge in [-0.2, -0.15) is 0 Å². The first kappa shape index (κ1) is 8.27. The van der Waals surface area contributed by atoms with Gasteiger partial charge in [0.1, 0.15) is 0 Å². The van der Waals surface area contributed by atoms with Gasteiger partial charge in [0.15, 0.2) is 0 Å². The number of aryl methyl sites for hydroxylation is 1. The van der Waals surface area contributed by atoms with Crippen LogP contribution in [0, 0.1) is 12.3 Å². The van der Waals surface area contributed by atoms with Gasteiger partial charge in [-0.15, -0.1) is 11.5 Å². The van der Waals surface area contributed by atoms with Crippen molar-refractivity contribution in [3.05, 3.63) is 11.9 Å². The fourth-order valence-corrected chi connectivity index (χ4v) is 0.693. The number of carbonyl (C=O) groups excluding carboxylic acids is 1. The third-order valence-electron chi connectivity index (χ3n) is 1.37. The molecule has 62 valence electrons. The molecule has 0 bridgehead atoms. The summed E-state index contributed by atoms with van der Waals surface area (Å²) in [7, 11) is 1.74. The van der Waals surface area contributed by atoms with Gasteiger partial charge >= 0.3 is 0 Å². The normalized spacial score (nSPS) is 9.00. The van der Waals surface area contributed by atoms with E-state index in [2.05, 4.69) is 15.6 Å². The number of nitrogens with one attached hydrogen (secondary N) is 1. The van der Waals surface area contributed by atoms with Crippen LogP contribution in [0.4, 0.5) is 0 Å². The maximum Gasteiger partial charge on any atom is 0.295 e. The van der Waals surface area contributed by atoms with E-state index in [1.54, 1.807) is 17.9 Å². The Labute approximate surface area is 69.8 Å². The zero-order chi connectivity index (χ0) is 8.97. The predicted octanol–water partition coefficient (Wildman–Crippen LogP) is -0.936. The molecule has 0 aliphatic carbocycles. The Morgan fingerprint density at radius 2 is 2.67 bits per heavy atom.